The first-order chi connectivity index (χ1) is 7.95. The van der Waals surface area contributed by atoms with E-state index in [0.717, 1.165) is 0 Å². The second kappa shape index (κ2) is 6.14. The number of hydrogen-bond acceptors (Lipinski definition) is 3. The molecule has 0 spiro atoms. The van der Waals surface area contributed by atoms with E-state index in [1.165, 1.54) is 0 Å². The Morgan fingerprint density at radius 1 is 1.53 bits per heavy atom. The number of nitrogens with zero attached hydrogens (tertiary/aromatic N) is 1. The molecule has 3 atom stereocenters. The summed E-state index contributed by atoms with van der Waals surface area (Å²) in [6.07, 6.45) is 2.93. The summed E-state index contributed by atoms with van der Waals surface area (Å²) in [4.78, 5) is 24.9. The van der Waals surface area contributed by atoms with E-state index in [9.17, 15) is 13.8 Å². The lowest BCUT2D eigenvalue weighted by Gasteiger charge is -2.32. The monoisotopic (exact) mass is 260 g/mol. The molecule has 0 aliphatic carbocycles. The van der Waals surface area contributed by atoms with Crippen molar-refractivity contribution in [1.29, 1.82) is 0 Å². The predicted octanol–water partition coefficient (Wildman–Crippen LogP) is -0.119. The molecule has 1 aliphatic heterocycles. The average molecular weight is 260 g/mol. The lowest BCUT2D eigenvalue weighted by atomic mass is 10.1. The summed E-state index contributed by atoms with van der Waals surface area (Å²) < 4.78 is 11.2. The lowest BCUT2D eigenvalue weighted by Crippen LogP contribution is -2.58. The number of piperazine rings is 1. The molecule has 2 amide bonds. The van der Waals surface area contributed by atoms with E-state index in [4.69, 9.17) is 0 Å². The zero-order chi connectivity index (χ0) is 13.0. The summed E-state index contributed by atoms with van der Waals surface area (Å²) in [5.41, 5.74) is 0. The number of hydrogen-bond donors (Lipinski definition) is 1. The van der Waals surface area contributed by atoms with Gasteiger partial charge in [-0.1, -0.05) is 13.8 Å². The molecular weight excluding hydrogens is 240 g/mol. The molecule has 0 bridgehead atoms. The molecule has 1 saturated heterocycles. The van der Waals surface area contributed by atoms with Gasteiger partial charge in [-0.2, -0.15) is 0 Å². The van der Waals surface area contributed by atoms with Crippen LogP contribution in [0.1, 0.15) is 26.7 Å². The van der Waals surface area contributed by atoms with Crippen LogP contribution in [0.2, 0.25) is 0 Å². The van der Waals surface area contributed by atoms with Gasteiger partial charge in [-0.3, -0.25) is 13.8 Å². The van der Waals surface area contributed by atoms with Gasteiger partial charge >= 0.3 is 0 Å². The van der Waals surface area contributed by atoms with E-state index in [1.54, 1.807) is 11.2 Å². The average Bonchev–Trinajstić information content (AvgIpc) is 2.29. The van der Waals surface area contributed by atoms with Crippen molar-refractivity contribution in [2.45, 2.75) is 38.0 Å². The summed E-state index contributed by atoms with van der Waals surface area (Å²) in [5.74, 6) is -0.136. The minimum absolute atomic E-state index is 0.0267. The van der Waals surface area contributed by atoms with Gasteiger partial charge < -0.3 is 10.2 Å². The Balaban J connectivity index is 2.54. The van der Waals surface area contributed by atoms with Gasteiger partial charge in [0, 0.05) is 28.9 Å². The molecule has 1 fully saturated rings. The van der Waals surface area contributed by atoms with E-state index < -0.39 is 16.8 Å². The minimum atomic E-state index is -0.884. The van der Waals surface area contributed by atoms with Crippen molar-refractivity contribution in [2.24, 2.45) is 0 Å². The number of amides is 2. The summed E-state index contributed by atoms with van der Waals surface area (Å²) in [6, 6.07) is -0.390. The Kier molecular flexibility index (Phi) is 5.11. The van der Waals surface area contributed by atoms with Gasteiger partial charge in [-0.15, -0.1) is 0 Å². The van der Waals surface area contributed by atoms with Gasteiger partial charge in [0.2, 0.25) is 11.8 Å². The number of carbonyl (C=O) groups is 2. The number of rotatable bonds is 5. The maximum Gasteiger partial charge on any atom is 0.245 e. The van der Waals surface area contributed by atoms with Crippen molar-refractivity contribution < 1.29 is 13.8 Å². The van der Waals surface area contributed by atoms with Gasteiger partial charge in [0.1, 0.15) is 6.04 Å². The molecule has 0 aromatic rings. The van der Waals surface area contributed by atoms with E-state index in [1.807, 2.05) is 13.8 Å². The van der Waals surface area contributed by atoms with Crippen LogP contribution in [0.25, 0.3) is 0 Å². The Bertz CT molecular complexity index is 333. The first kappa shape index (κ1) is 14.2. The van der Waals surface area contributed by atoms with Crippen LogP contribution in [0.4, 0.5) is 0 Å². The topological polar surface area (TPSA) is 66.5 Å². The van der Waals surface area contributed by atoms with Crippen LogP contribution >= 0.6 is 0 Å². The molecule has 0 saturated carbocycles. The summed E-state index contributed by atoms with van der Waals surface area (Å²) in [7, 11) is -0.884. The quantitative estimate of drug-likeness (QED) is 0.749. The van der Waals surface area contributed by atoms with Gasteiger partial charge in [0.05, 0.1) is 6.54 Å². The molecule has 0 aromatic carbocycles. The SMILES string of the molecule is CCC1NC(=O)CN(CCC(C)S(C)=O)C1=O. The van der Waals surface area contributed by atoms with Crippen LogP contribution in [0, 0.1) is 0 Å². The van der Waals surface area contributed by atoms with E-state index in [-0.39, 0.29) is 23.6 Å². The Hall–Kier alpha value is -0.910. The molecule has 1 N–H and O–H groups in total. The zero-order valence-corrected chi connectivity index (χ0v) is 11.4. The van der Waals surface area contributed by atoms with Gasteiger partial charge in [0.15, 0.2) is 0 Å². The van der Waals surface area contributed by atoms with E-state index in [0.29, 0.717) is 19.4 Å². The van der Waals surface area contributed by atoms with Crippen LogP contribution < -0.4 is 5.32 Å². The molecule has 1 aliphatic rings. The molecule has 6 heteroatoms. The van der Waals surface area contributed by atoms with Crippen molar-refractivity contribution in [3.63, 3.8) is 0 Å². The molecule has 98 valence electrons. The summed E-state index contributed by atoms with van der Waals surface area (Å²) >= 11 is 0. The molecule has 0 aromatic heterocycles. The molecule has 3 unspecified atom stereocenters. The standard InChI is InChI=1S/C11H20N2O3S/c1-4-9-11(15)13(7-10(14)12-9)6-5-8(2)17(3)16/h8-9H,4-7H2,1-3H3,(H,12,14). The van der Waals surface area contributed by atoms with Crippen molar-refractivity contribution in [3.05, 3.63) is 0 Å². The van der Waals surface area contributed by atoms with Crippen molar-refractivity contribution in [3.8, 4) is 0 Å². The zero-order valence-electron chi connectivity index (χ0n) is 10.6. The van der Waals surface area contributed by atoms with E-state index in [2.05, 4.69) is 5.32 Å². The first-order valence-corrected chi connectivity index (χ1v) is 7.48. The predicted molar refractivity (Wildman–Crippen MR) is 66.9 cm³/mol. The highest BCUT2D eigenvalue weighted by Gasteiger charge is 2.31. The Labute approximate surface area is 104 Å². The second-order valence-electron chi connectivity index (χ2n) is 4.39. The molecule has 1 heterocycles. The third-order valence-corrected chi connectivity index (χ3v) is 4.43. The highest BCUT2D eigenvalue weighted by molar-refractivity contribution is 7.84. The Morgan fingerprint density at radius 2 is 2.18 bits per heavy atom. The first-order valence-electron chi connectivity index (χ1n) is 5.86. The van der Waals surface area contributed by atoms with Crippen LogP contribution in [0.15, 0.2) is 0 Å². The van der Waals surface area contributed by atoms with Crippen LogP contribution in [-0.2, 0) is 20.4 Å². The van der Waals surface area contributed by atoms with Crippen molar-refractivity contribution >= 4 is 22.6 Å². The number of nitrogens with one attached hydrogen (secondary N) is 1. The molecule has 17 heavy (non-hydrogen) atoms. The fourth-order valence-electron chi connectivity index (χ4n) is 1.74. The molecule has 1 rings (SSSR count). The minimum Gasteiger partial charge on any atom is -0.343 e. The molecule has 5 nitrogen and oxygen atoms in total. The maximum atomic E-state index is 11.9. The fourth-order valence-corrected chi connectivity index (χ4v) is 2.18. The van der Waals surface area contributed by atoms with Crippen LogP contribution in [0.3, 0.4) is 0 Å². The third-order valence-electron chi connectivity index (χ3n) is 3.06. The molecular formula is C11H20N2O3S. The van der Waals surface area contributed by atoms with Gasteiger partial charge in [0.25, 0.3) is 0 Å². The molecule has 0 radical (unpaired) electrons. The lowest BCUT2D eigenvalue weighted by molar-refractivity contribution is -0.144. The highest BCUT2D eigenvalue weighted by atomic mass is 32.2. The van der Waals surface area contributed by atoms with Crippen molar-refractivity contribution in [2.75, 3.05) is 19.3 Å². The van der Waals surface area contributed by atoms with Crippen LogP contribution in [-0.4, -0.2) is 51.6 Å². The largest absolute Gasteiger partial charge is 0.343 e. The summed E-state index contributed by atoms with van der Waals surface area (Å²) in [5, 5.41) is 2.71. The Morgan fingerprint density at radius 3 is 2.71 bits per heavy atom. The van der Waals surface area contributed by atoms with Crippen molar-refractivity contribution in [1.82, 2.24) is 10.2 Å². The van der Waals surface area contributed by atoms with Gasteiger partial charge in [-0.05, 0) is 12.8 Å². The summed E-state index contributed by atoms with van der Waals surface area (Å²) in [6.45, 7) is 4.39. The van der Waals surface area contributed by atoms with Gasteiger partial charge in [-0.25, -0.2) is 0 Å². The third kappa shape index (κ3) is 3.80. The van der Waals surface area contributed by atoms with E-state index >= 15 is 0 Å². The smallest absolute Gasteiger partial charge is 0.245 e. The fraction of sp³-hybridized carbons (Fsp3) is 0.818. The van der Waals surface area contributed by atoms with Crippen LogP contribution in [0.5, 0.6) is 0 Å². The second-order valence-corrected chi connectivity index (χ2v) is 6.19. The normalized spacial score (nSPS) is 24.4. The highest BCUT2D eigenvalue weighted by Crippen LogP contribution is 2.08. The number of carbonyl (C=O) groups excluding carboxylic acids is 2. The maximum absolute atomic E-state index is 11.9.